The molecule has 1 heterocycles. The second-order valence-corrected chi connectivity index (χ2v) is 5.58. The average Bonchev–Trinajstić information content (AvgIpc) is 3.14. The zero-order valence-electron chi connectivity index (χ0n) is 14.1. The van der Waals surface area contributed by atoms with Crippen molar-refractivity contribution in [2.24, 2.45) is 0 Å². The zero-order chi connectivity index (χ0) is 18.4. The van der Waals surface area contributed by atoms with E-state index in [0.717, 1.165) is 11.1 Å². The molecule has 0 bridgehead atoms. The van der Waals surface area contributed by atoms with Gasteiger partial charge >= 0.3 is 5.97 Å². The van der Waals surface area contributed by atoms with E-state index < -0.39 is 5.97 Å². The van der Waals surface area contributed by atoms with Gasteiger partial charge in [-0.2, -0.15) is 0 Å². The van der Waals surface area contributed by atoms with E-state index >= 15 is 0 Å². The maximum atomic E-state index is 11.9. The van der Waals surface area contributed by atoms with Crippen LogP contribution in [0.5, 0.6) is 0 Å². The Morgan fingerprint density at radius 2 is 1.88 bits per heavy atom. The Bertz CT molecular complexity index is 906. The van der Waals surface area contributed by atoms with Crippen LogP contribution in [0, 0.1) is 6.92 Å². The molecule has 0 aliphatic heterocycles. The van der Waals surface area contributed by atoms with Gasteiger partial charge in [0, 0.05) is 11.1 Å². The molecular weight excluding hydrogens is 334 g/mol. The zero-order valence-corrected chi connectivity index (χ0v) is 14.1. The van der Waals surface area contributed by atoms with Crippen molar-refractivity contribution in [3.8, 4) is 11.5 Å². The summed E-state index contributed by atoms with van der Waals surface area (Å²) in [5, 5.41) is 10.3. The Labute approximate surface area is 150 Å². The second kappa shape index (κ2) is 8.06. The number of aromatic nitrogens is 2. The number of carbonyl (C=O) groups is 2. The van der Waals surface area contributed by atoms with E-state index in [1.165, 1.54) is 0 Å². The van der Waals surface area contributed by atoms with Gasteiger partial charge in [-0.3, -0.25) is 9.59 Å². The summed E-state index contributed by atoms with van der Waals surface area (Å²) in [7, 11) is 0. The number of aryl methyl sites for hydroxylation is 1. The first-order valence-corrected chi connectivity index (χ1v) is 8.00. The molecule has 0 unspecified atom stereocenters. The topological polar surface area (TPSA) is 94.3 Å². The van der Waals surface area contributed by atoms with E-state index in [-0.39, 0.29) is 24.9 Å². The molecule has 3 aromatic rings. The highest BCUT2D eigenvalue weighted by molar-refractivity contribution is 5.95. The first-order chi connectivity index (χ1) is 12.6. The number of nitrogens with one attached hydrogen (secondary N) is 1. The lowest BCUT2D eigenvalue weighted by Crippen LogP contribution is -2.30. The van der Waals surface area contributed by atoms with Crippen LogP contribution in [0.25, 0.3) is 11.5 Å². The molecule has 7 heteroatoms. The van der Waals surface area contributed by atoms with Crippen molar-refractivity contribution in [1.29, 1.82) is 0 Å². The molecule has 1 N–H and O–H groups in total. The molecule has 0 atom stereocenters. The number of rotatable bonds is 6. The fourth-order valence-corrected chi connectivity index (χ4v) is 2.24. The van der Waals surface area contributed by atoms with Crippen molar-refractivity contribution < 1.29 is 18.7 Å². The Balaban J connectivity index is 1.48. The number of hydrogen-bond acceptors (Lipinski definition) is 6. The Hall–Kier alpha value is -3.48. The summed E-state index contributed by atoms with van der Waals surface area (Å²) in [5.41, 5.74) is 2.34. The third kappa shape index (κ3) is 4.54. The standard InChI is InChI=1S/C19H17N3O4/c1-13-6-5-9-15(10-13)19-22-21-16(26-19)12-25-17(23)11-20-18(24)14-7-3-2-4-8-14/h2-10H,11-12H2,1H3,(H,20,24). The maximum absolute atomic E-state index is 11.9. The predicted molar refractivity (Wildman–Crippen MR) is 93.0 cm³/mol. The Morgan fingerprint density at radius 3 is 2.65 bits per heavy atom. The van der Waals surface area contributed by atoms with Crippen LogP contribution in [0.3, 0.4) is 0 Å². The molecule has 0 radical (unpaired) electrons. The van der Waals surface area contributed by atoms with Gasteiger partial charge < -0.3 is 14.5 Å². The fraction of sp³-hybridized carbons (Fsp3) is 0.158. The smallest absolute Gasteiger partial charge is 0.325 e. The van der Waals surface area contributed by atoms with Gasteiger partial charge in [0.25, 0.3) is 11.8 Å². The van der Waals surface area contributed by atoms with Crippen molar-refractivity contribution in [3.05, 3.63) is 71.6 Å². The molecular formula is C19H17N3O4. The molecule has 2 aromatic carbocycles. The van der Waals surface area contributed by atoms with E-state index in [1.807, 2.05) is 31.2 Å². The molecule has 26 heavy (non-hydrogen) atoms. The van der Waals surface area contributed by atoms with Gasteiger partial charge in [0.05, 0.1) is 0 Å². The third-order valence-electron chi connectivity index (χ3n) is 3.52. The lowest BCUT2D eigenvalue weighted by atomic mass is 10.1. The number of benzene rings is 2. The van der Waals surface area contributed by atoms with Gasteiger partial charge in [-0.1, -0.05) is 35.9 Å². The molecule has 0 saturated heterocycles. The van der Waals surface area contributed by atoms with Gasteiger partial charge in [0.2, 0.25) is 5.89 Å². The van der Waals surface area contributed by atoms with Gasteiger partial charge in [-0.25, -0.2) is 0 Å². The molecule has 0 spiro atoms. The van der Waals surface area contributed by atoms with Gasteiger partial charge in [-0.05, 0) is 31.2 Å². The molecule has 0 saturated carbocycles. The molecule has 1 amide bonds. The van der Waals surface area contributed by atoms with Crippen LogP contribution in [-0.4, -0.2) is 28.6 Å². The molecule has 0 aliphatic carbocycles. The summed E-state index contributed by atoms with van der Waals surface area (Å²) in [4.78, 5) is 23.6. The number of ether oxygens (including phenoxy) is 1. The van der Waals surface area contributed by atoms with E-state index in [1.54, 1.807) is 30.3 Å². The minimum atomic E-state index is -0.593. The molecule has 1 aromatic heterocycles. The Kier molecular flexibility index (Phi) is 5.38. The second-order valence-electron chi connectivity index (χ2n) is 5.58. The highest BCUT2D eigenvalue weighted by atomic mass is 16.5. The third-order valence-corrected chi connectivity index (χ3v) is 3.52. The van der Waals surface area contributed by atoms with Crippen molar-refractivity contribution in [3.63, 3.8) is 0 Å². The van der Waals surface area contributed by atoms with Crippen LogP contribution < -0.4 is 5.32 Å². The molecule has 7 nitrogen and oxygen atoms in total. The average molecular weight is 351 g/mol. The van der Waals surface area contributed by atoms with Crippen molar-refractivity contribution >= 4 is 11.9 Å². The van der Waals surface area contributed by atoms with Crippen LogP contribution in [0.2, 0.25) is 0 Å². The summed E-state index contributed by atoms with van der Waals surface area (Å²) in [6.45, 7) is 1.57. The summed E-state index contributed by atoms with van der Waals surface area (Å²) < 4.78 is 10.5. The monoisotopic (exact) mass is 351 g/mol. The van der Waals surface area contributed by atoms with Crippen LogP contribution in [0.1, 0.15) is 21.8 Å². The lowest BCUT2D eigenvalue weighted by molar-refractivity contribution is -0.144. The molecule has 0 aliphatic rings. The van der Waals surface area contributed by atoms with E-state index in [2.05, 4.69) is 15.5 Å². The number of amides is 1. The largest absolute Gasteiger partial charge is 0.454 e. The van der Waals surface area contributed by atoms with Gasteiger partial charge in [0.1, 0.15) is 6.54 Å². The molecule has 0 fully saturated rings. The number of nitrogens with zero attached hydrogens (tertiary/aromatic N) is 2. The SMILES string of the molecule is Cc1cccc(-c2nnc(COC(=O)CNC(=O)c3ccccc3)o2)c1. The minimum Gasteiger partial charge on any atom is -0.454 e. The lowest BCUT2D eigenvalue weighted by Gasteiger charge is -2.05. The molecule has 132 valence electrons. The summed E-state index contributed by atoms with van der Waals surface area (Å²) in [5.74, 6) is -0.395. The van der Waals surface area contributed by atoms with Gasteiger partial charge in [-0.15, -0.1) is 10.2 Å². The predicted octanol–water partition coefficient (Wildman–Crippen LogP) is 2.52. The molecule has 3 rings (SSSR count). The van der Waals surface area contributed by atoms with Crippen LogP contribution in [0.15, 0.2) is 59.0 Å². The van der Waals surface area contributed by atoms with Crippen molar-refractivity contribution in [2.45, 2.75) is 13.5 Å². The van der Waals surface area contributed by atoms with Crippen LogP contribution in [0.4, 0.5) is 0 Å². The quantitative estimate of drug-likeness (QED) is 0.686. The van der Waals surface area contributed by atoms with Crippen LogP contribution >= 0.6 is 0 Å². The van der Waals surface area contributed by atoms with Crippen molar-refractivity contribution in [2.75, 3.05) is 6.54 Å². The van der Waals surface area contributed by atoms with E-state index in [9.17, 15) is 9.59 Å². The number of hydrogen-bond donors (Lipinski definition) is 1. The number of esters is 1. The fourth-order valence-electron chi connectivity index (χ4n) is 2.24. The van der Waals surface area contributed by atoms with Crippen LogP contribution in [-0.2, 0) is 16.1 Å². The van der Waals surface area contributed by atoms with E-state index in [0.29, 0.717) is 11.5 Å². The van der Waals surface area contributed by atoms with E-state index in [4.69, 9.17) is 9.15 Å². The summed E-state index contributed by atoms with van der Waals surface area (Å²) >= 11 is 0. The highest BCUT2D eigenvalue weighted by Gasteiger charge is 2.12. The minimum absolute atomic E-state index is 0.154. The first-order valence-electron chi connectivity index (χ1n) is 8.00. The summed E-state index contributed by atoms with van der Waals surface area (Å²) in [6, 6.07) is 16.2. The normalized spacial score (nSPS) is 10.3. The number of carbonyl (C=O) groups excluding carboxylic acids is 2. The maximum Gasteiger partial charge on any atom is 0.325 e. The van der Waals surface area contributed by atoms with Gasteiger partial charge in [0.15, 0.2) is 6.61 Å². The Morgan fingerprint density at radius 1 is 1.08 bits per heavy atom. The first kappa shape index (κ1) is 17.3. The van der Waals surface area contributed by atoms with Crippen molar-refractivity contribution in [1.82, 2.24) is 15.5 Å². The highest BCUT2D eigenvalue weighted by Crippen LogP contribution is 2.19. The summed E-state index contributed by atoms with van der Waals surface area (Å²) in [6.07, 6.45) is 0.